The van der Waals surface area contributed by atoms with Gasteiger partial charge in [-0.15, -0.1) is 0 Å². The zero-order chi connectivity index (χ0) is 15.2. The first kappa shape index (κ1) is 15.8. The van der Waals surface area contributed by atoms with Crippen molar-refractivity contribution >= 4 is 11.6 Å². The van der Waals surface area contributed by atoms with Gasteiger partial charge in [-0.2, -0.15) is 0 Å². The molecular weight excluding hydrogens is 289 g/mol. The van der Waals surface area contributed by atoms with E-state index < -0.39 is 0 Å². The molecule has 4 heteroatoms. The number of benzene rings is 2. The largest absolute Gasteiger partial charge is 0.496 e. The number of hydrogen-bond donors (Lipinski definition) is 1. The molecule has 0 aromatic heterocycles. The molecule has 1 atom stereocenters. The van der Waals surface area contributed by atoms with E-state index in [1.807, 2.05) is 24.3 Å². The van der Waals surface area contributed by atoms with E-state index in [2.05, 4.69) is 18.3 Å². The van der Waals surface area contributed by atoms with Crippen LogP contribution < -0.4 is 10.1 Å². The molecule has 0 aliphatic carbocycles. The van der Waals surface area contributed by atoms with Crippen LogP contribution in [0.1, 0.15) is 18.1 Å². The van der Waals surface area contributed by atoms with E-state index in [9.17, 15) is 4.39 Å². The van der Waals surface area contributed by atoms with E-state index in [0.717, 1.165) is 23.3 Å². The van der Waals surface area contributed by atoms with Gasteiger partial charge < -0.3 is 10.1 Å². The number of hydrogen-bond acceptors (Lipinski definition) is 2. The Morgan fingerprint density at radius 3 is 2.71 bits per heavy atom. The van der Waals surface area contributed by atoms with Crippen LogP contribution in [-0.4, -0.2) is 13.2 Å². The number of methoxy groups -OCH3 is 1. The van der Waals surface area contributed by atoms with Crippen LogP contribution in [0.5, 0.6) is 5.75 Å². The minimum absolute atomic E-state index is 0.154. The summed E-state index contributed by atoms with van der Waals surface area (Å²) in [5, 5.41) is 3.53. The highest BCUT2D eigenvalue weighted by Gasteiger charge is 2.08. The number of ether oxygens (including phenoxy) is 1. The van der Waals surface area contributed by atoms with Crippen molar-refractivity contribution in [3.63, 3.8) is 0 Å². The third-order valence-corrected chi connectivity index (χ3v) is 3.66. The van der Waals surface area contributed by atoms with Crippen LogP contribution in [0.3, 0.4) is 0 Å². The number of halogens is 2. The minimum atomic E-state index is -0.381. The van der Waals surface area contributed by atoms with Gasteiger partial charge in [-0.05, 0) is 42.7 Å². The number of para-hydroxylation sites is 1. The second-order valence-electron chi connectivity index (χ2n) is 5.05. The zero-order valence-electron chi connectivity index (χ0n) is 12.2. The molecule has 0 aliphatic heterocycles. The smallest absolute Gasteiger partial charge is 0.142 e. The molecular formula is C17H19ClFNO. The second-order valence-corrected chi connectivity index (χ2v) is 5.45. The second kappa shape index (κ2) is 7.43. The van der Waals surface area contributed by atoms with Crippen molar-refractivity contribution in [3.05, 3.63) is 64.4 Å². The fourth-order valence-corrected chi connectivity index (χ4v) is 2.33. The van der Waals surface area contributed by atoms with Crippen molar-refractivity contribution < 1.29 is 9.13 Å². The van der Waals surface area contributed by atoms with Crippen LogP contribution in [-0.2, 0) is 13.0 Å². The monoisotopic (exact) mass is 307 g/mol. The summed E-state index contributed by atoms with van der Waals surface area (Å²) in [6.07, 6.45) is 0.847. The van der Waals surface area contributed by atoms with Gasteiger partial charge in [0.05, 0.1) is 12.1 Å². The van der Waals surface area contributed by atoms with Crippen LogP contribution in [0.15, 0.2) is 42.5 Å². The fraction of sp³-hybridized carbons (Fsp3) is 0.294. The van der Waals surface area contributed by atoms with Crippen LogP contribution >= 0.6 is 11.6 Å². The summed E-state index contributed by atoms with van der Waals surface area (Å²) in [6.45, 7) is 2.70. The van der Waals surface area contributed by atoms with Gasteiger partial charge in [0, 0.05) is 12.6 Å². The first-order valence-electron chi connectivity index (χ1n) is 6.89. The van der Waals surface area contributed by atoms with Gasteiger partial charge in [0.2, 0.25) is 0 Å². The van der Waals surface area contributed by atoms with Crippen LogP contribution in [0.2, 0.25) is 5.02 Å². The lowest BCUT2D eigenvalue weighted by Crippen LogP contribution is -2.27. The Bertz CT molecular complexity index is 603. The Balaban J connectivity index is 1.92. The standard InChI is InChI=1S/C17H19ClFNO/c1-12(9-14-5-3-4-6-17(14)21-2)20-11-13-7-8-15(18)16(19)10-13/h3-8,10,12,20H,9,11H2,1-2H3. The van der Waals surface area contributed by atoms with Gasteiger partial charge >= 0.3 is 0 Å². The average molecular weight is 308 g/mol. The molecule has 0 fully saturated rings. The molecule has 2 nitrogen and oxygen atoms in total. The summed E-state index contributed by atoms with van der Waals surface area (Å²) < 4.78 is 18.7. The summed E-state index contributed by atoms with van der Waals surface area (Å²) in [5.41, 5.74) is 2.03. The molecule has 21 heavy (non-hydrogen) atoms. The lowest BCUT2D eigenvalue weighted by atomic mass is 10.1. The quantitative estimate of drug-likeness (QED) is 0.863. The van der Waals surface area contributed by atoms with Crippen molar-refractivity contribution in [3.8, 4) is 5.75 Å². The predicted octanol–water partition coefficient (Wildman–Crippen LogP) is 4.21. The first-order chi connectivity index (χ1) is 10.1. The maximum absolute atomic E-state index is 13.4. The Morgan fingerprint density at radius 1 is 1.24 bits per heavy atom. The van der Waals surface area contributed by atoms with Gasteiger partial charge in [0.1, 0.15) is 11.6 Å². The van der Waals surface area contributed by atoms with Crippen LogP contribution in [0, 0.1) is 5.82 Å². The maximum Gasteiger partial charge on any atom is 0.142 e. The lowest BCUT2D eigenvalue weighted by molar-refractivity contribution is 0.406. The topological polar surface area (TPSA) is 21.3 Å². The summed E-state index contributed by atoms with van der Waals surface area (Å²) >= 11 is 5.67. The molecule has 2 aromatic rings. The van der Waals surface area contributed by atoms with Gasteiger partial charge in [-0.25, -0.2) is 4.39 Å². The highest BCUT2D eigenvalue weighted by Crippen LogP contribution is 2.19. The Kier molecular flexibility index (Phi) is 5.59. The molecule has 112 valence electrons. The van der Waals surface area contributed by atoms with Crippen molar-refractivity contribution in [1.29, 1.82) is 0 Å². The Hall–Kier alpha value is -1.58. The van der Waals surface area contributed by atoms with Crippen LogP contribution in [0.4, 0.5) is 4.39 Å². The molecule has 0 bridgehead atoms. The van der Waals surface area contributed by atoms with Crippen LogP contribution in [0.25, 0.3) is 0 Å². The lowest BCUT2D eigenvalue weighted by Gasteiger charge is -2.16. The summed E-state index contributed by atoms with van der Waals surface area (Å²) in [4.78, 5) is 0. The summed E-state index contributed by atoms with van der Waals surface area (Å²) in [6, 6.07) is 13.1. The van der Waals surface area contributed by atoms with Gasteiger partial charge in [-0.1, -0.05) is 35.9 Å². The molecule has 1 N–H and O–H groups in total. The molecule has 0 radical (unpaired) electrons. The molecule has 2 aromatic carbocycles. The van der Waals surface area contributed by atoms with E-state index >= 15 is 0 Å². The molecule has 0 heterocycles. The molecule has 0 amide bonds. The van der Waals surface area contributed by atoms with E-state index in [1.165, 1.54) is 6.07 Å². The molecule has 1 unspecified atom stereocenters. The van der Waals surface area contributed by atoms with E-state index in [0.29, 0.717) is 6.54 Å². The molecule has 0 spiro atoms. The summed E-state index contributed by atoms with van der Waals surface area (Å²) in [5.74, 6) is 0.511. The minimum Gasteiger partial charge on any atom is -0.496 e. The van der Waals surface area contributed by atoms with Gasteiger partial charge in [0.25, 0.3) is 0 Å². The van der Waals surface area contributed by atoms with E-state index in [-0.39, 0.29) is 16.9 Å². The predicted molar refractivity (Wildman–Crippen MR) is 84.4 cm³/mol. The molecule has 0 saturated heterocycles. The molecule has 0 saturated carbocycles. The highest BCUT2D eigenvalue weighted by molar-refractivity contribution is 6.30. The van der Waals surface area contributed by atoms with Crippen molar-refractivity contribution in [2.24, 2.45) is 0 Å². The van der Waals surface area contributed by atoms with E-state index in [1.54, 1.807) is 13.2 Å². The van der Waals surface area contributed by atoms with Crippen molar-refractivity contribution in [1.82, 2.24) is 5.32 Å². The molecule has 0 aliphatic rings. The molecule has 2 rings (SSSR count). The third kappa shape index (κ3) is 4.45. The normalized spacial score (nSPS) is 12.2. The Morgan fingerprint density at radius 2 is 2.00 bits per heavy atom. The third-order valence-electron chi connectivity index (χ3n) is 3.36. The maximum atomic E-state index is 13.4. The first-order valence-corrected chi connectivity index (χ1v) is 7.27. The van der Waals surface area contributed by atoms with Gasteiger partial charge in [-0.3, -0.25) is 0 Å². The number of nitrogens with one attached hydrogen (secondary N) is 1. The Labute approximate surface area is 129 Å². The summed E-state index contributed by atoms with van der Waals surface area (Å²) in [7, 11) is 1.67. The van der Waals surface area contributed by atoms with Crippen molar-refractivity contribution in [2.45, 2.75) is 25.9 Å². The van der Waals surface area contributed by atoms with Crippen molar-refractivity contribution in [2.75, 3.05) is 7.11 Å². The SMILES string of the molecule is COc1ccccc1CC(C)NCc1ccc(Cl)c(F)c1. The fourth-order valence-electron chi connectivity index (χ4n) is 2.22. The average Bonchev–Trinajstić information content (AvgIpc) is 2.49. The highest BCUT2D eigenvalue weighted by atomic mass is 35.5. The zero-order valence-corrected chi connectivity index (χ0v) is 13.0. The van der Waals surface area contributed by atoms with Gasteiger partial charge in [0.15, 0.2) is 0 Å². The number of rotatable bonds is 6. The van der Waals surface area contributed by atoms with E-state index in [4.69, 9.17) is 16.3 Å².